The third kappa shape index (κ3) is 5.31. The number of amides is 3. The molecule has 0 saturated heterocycles. The molecule has 3 aromatic rings. The Labute approximate surface area is 161 Å². The Morgan fingerprint density at radius 1 is 0.893 bits per heavy atom. The first-order valence-corrected chi connectivity index (χ1v) is 8.45. The van der Waals surface area contributed by atoms with Gasteiger partial charge in [0.25, 0.3) is 5.91 Å². The van der Waals surface area contributed by atoms with Crippen molar-refractivity contribution >= 4 is 23.3 Å². The Bertz CT molecular complexity index is 973. The molecule has 0 saturated carbocycles. The van der Waals surface area contributed by atoms with Gasteiger partial charge in [-0.25, -0.2) is 9.18 Å². The van der Waals surface area contributed by atoms with Crippen molar-refractivity contribution in [1.82, 2.24) is 0 Å². The molecular formula is C21H18FN3O3. The lowest BCUT2D eigenvalue weighted by molar-refractivity contribution is 0.102. The molecule has 142 valence electrons. The number of urea groups is 1. The van der Waals surface area contributed by atoms with Crippen LogP contribution in [0.5, 0.6) is 5.75 Å². The fourth-order valence-corrected chi connectivity index (χ4v) is 2.46. The number of benzene rings is 3. The van der Waals surface area contributed by atoms with Crippen molar-refractivity contribution in [2.24, 2.45) is 5.73 Å². The summed E-state index contributed by atoms with van der Waals surface area (Å²) in [7, 11) is 0. The number of nitrogens with two attached hydrogens (primary N) is 1. The molecule has 0 spiro atoms. The van der Waals surface area contributed by atoms with Gasteiger partial charge in [-0.3, -0.25) is 4.79 Å². The van der Waals surface area contributed by atoms with Crippen LogP contribution in [0.2, 0.25) is 0 Å². The molecule has 28 heavy (non-hydrogen) atoms. The van der Waals surface area contributed by atoms with Crippen LogP contribution in [0, 0.1) is 5.82 Å². The Morgan fingerprint density at radius 3 is 2.29 bits per heavy atom. The number of carbonyl (C=O) groups is 2. The highest BCUT2D eigenvalue weighted by Crippen LogP contribution is 2.20. The van der Waals surface area contributed by atoms with Crippen LogP contribution in [0.25, 0.3) is 0 Å². The summed E-state index contributed by atoms with van der Waals surface area (Å²) in [6.45, 7) is 0.284. The van der Waals surface area contributed by atoms with Gasteiger partial charge in [0.15, 0.2) is 0 Å². The van der Waals surface area contributed by atoms with Crippen LogP contribution < -0.4 is 21.1 Å². The normalized spacial score (nSPS) is 10.2. The number of hydrogen-bond acceptors (Lipinski definition) is 3. The molecule has 0 bridgehead atoms. The fourth-order valence-electron chi connectivity index (χ4n) is 2.46. The number of hydrogen-bond donors (Lipinski definition) is 3. The minimum absolute atomic E-state index is 0.284. The van der Waals surface area contributed by atoms with Gasteiger partial charge in [0.2, 0.25) is 0 Å². The Kier molecular flexibility index (Phi) is 5.86. The van der Waals surface area contributed by atoms with Crippen LogP contribution in [0.3, 0.4) is 0 Å². The second-order valence-corrected chi connectivity index (χ2v) is 5.96. The minimum Gasteiger partial charge on any atom is -0.489 e. The predicted octanol–water partition coefficient (Wildman–Crippen LogP) is 4.15. The summed E-state index contributed by atoms with van der Waals surface area (Å²) in [6.07, 6.45) is 0. The molecule has 0 aromatic heterocycles. The number of primary amides is 1. The standard InChI is InChI=1S/C21H18FN3O3/c22-16-8-4-14(5-9-16)13-28-19-3-1-2-18(12-19)24-20(26)15-6-10-17(11-7-15)25-21(23)27/h1-12H,13H2,(H,24,26)(H3,23,25,27). The topological polar surface area (TPSA) is 93.5 Å². The van der Waals surface area contributed by atoms with Crippen molar-refractivity contribution in [3.05, 3.63) is 89.7 Å². The molecule has 0 aliphatic rings. The maximum atomic E-state index is 12.9. The summed E-state index contributed by atoms with van der Waals surface area (Å²) >= 11 is 0. The van der Waals surface area contributed by atoms with Crippen LogP contribution in [0.1, 0.15) is 15.9 Å². The maximum Gasteiger partial charge on any atom is 0.316 e. The largest absolute Gasteiger partial charge is 0.489 e. The SMILES string of the molecule is NC(=O)Nc1ccc(C(=O)Nc2cccc(OCc3ccc(F)cc3)c2)cc1. The van der Waals surface area contributed by atoms with Crippen molar-refractivity contribution in [2.45, 2.75) is 6.61 Å². The van der Waals surface area contributed by atoms with Crippen molar-refractivity contribution in [3.63, 3.8) is 0 Å². The molecule has 4 N–H and O–H groups in total. The fraction of sp³-hybridized carbons (Fsp3) is 0.0476. The average molecular weight is 379 g/mol. The molecule has 0 atom stereocenters. The zero-order valence-electron chi connectivity index (χ0n) is 14.8. The van der Waals surface area contributed by atoms with Crippen LogP contribution in [0.15, 0.2) is 72.8 Å². The van der Waals surface area contributed by atoms with Gasteiger partial charge < -0.3 is 21.1 Å². The molecule has 3 amide bonds. The van der Waals surface area contributed by atoms with Gasteiger partial charge in [-0.05, 0) is 54.1 Å². The molecule has 0 unspecified atom stereocenters. The van der Waals surface area contributed by atoms with Gasteiger partial charge in [-0.15, -0.1) is 0 Å². The van der Waals surface area contributed by atoms with Crippen molar-refractivity contribution < 1.29 is 18.7 Å². The van der Waals surface area contributed by atoms with Crippen LogP contribution in [-0.4, -0.2) is 11.9 Å². The number of carbonyl (C=O) groups excluding carboxylic acids is 2. The number of nitrogens with one attached hydrogen (secondary N) is 2. The van der Waals surface area contributed by atoms with Gasteiger partial charge in [0.1, 0.15) is 18.2 Å². The van der Waals surface area contributed by atoms with E-state index in [2.05, 4.69) is 10.6 Å². The van der Waals surface area contributed by atoms with Crippen molar-refractivity contribution in [1.29, 1.82) is 0 Å². The Morgan fingerprint density at radius 2 is 1.61 bits per heavy atom. The summed E-state index contributed by atoms with van der Waals surface area (Å²) in [5.74, 6) is -0.0312. The summed E-state index contributed by atoms with van der Waals surface area (Å²) in [6, 6.07) is 18.7. The molecule has 0 aliphatic carbocycles. The van der Waals surface area contributed by atoms with Crippen molar-refractivity contribution in [2.75, 3.05) is 10.6 Å². The number of halogens is 1. The Hall–Kier alpha value is -3.87. The zero-order chi connectivity index (χ0) is 19.9. The molecule has 7 heteroatoms. The average Bonchev–Trinajstić information content (AvgIpc) is 2.68. The smallest absolute Gasteiger partial charge is 0.316 e. The molecule has 3 aromatic carbocycles. The summed E-state index contributed by atoms with van der Waals surface area (Å²) in [5.41, 5.74) is 7.38. The molecule has 0 aliphatic heterocycles. The lowest BCUT2D eigenvalue weighted by Crippen LogP contribution is -2.19. The number of anilines is 2. The van der Waals surface area contributed by atoms with E-state index in [1.54, 1.807) is 60.7 Å². The van der Waals surface area contributed by atoms with E-state index in [1.165, 1.54) is 12.1 Å². The molecule has 0 heterocycles. The first-order chi connectivity index (χ1) is 13.5. The quantitative estimate of drug-likeness (QED) is 0.601. The van der Waals surface area contributed by atoms with E-state index in [0.717, 1.165) is 5.56 Å². The van der Waals surface area contributed by atoms with E-state index in [4.69, 9.17) is 10.5 Å². The Balaban J connectivity index is 1.61. The molecule has 0 fully saturated rings. The van der Waals surface area contributed by atoms with E-state index in [-0.39, 0.29) is 18.3 Å². The van der Waals surface area contributed by atoms with Gasteiger partial charge in [-0.2, -0.15) is 0 Å². The van der Waals surface area contributed by atoms with E-state index in [9.17, 15) is 14.0 Å². The van der Waals surface area contributed by atoms with E-state index in [0.29, 0.717) is 22.7 Å². The highest BCUT2D eigenvalue weighted by Gasteiger charge is 2.07. The molecule has 3 rings (SSSR count). The van der Waals surface area contributed by atoms with Crippen molar-refractivity contribution in [3.8, 4) is 5.75 Å². The van der Waals surface area contributed by atoms with Gasteiger partial charge >= 0.3 is 6.03 Å². The van der Waals surface area contributed by atoms with E-state index in [1.807, 2.05) is 0 Å². The van der Waals surface area contributed by atoms with Gasteiger partial charge in [0, 0.05) is 23.0 Å². The first kappa shape index (κ1) is 18.9. The predicted molar refractivity (Wildman–Crippen MR) is 105 cm³/mol. The van der Waals surface area contributed by atoms with E-state index >= 15 is 0 Å². The molecular weight excluding hydrogens is 361 g/mol. The lowest BCUT2D eigenvalue weighted by Gasteiger charge is -2.10. The third-order valence-corrected chi connectivity index (χ3v) is 3.83. The molecule has 0 radical (unpaired) electrons. The number of rotatable bonds is 6. The van der Waals surface area contributed by atoms with Crippen LogP contribution in [-0.2, 0) is 6.61 Å². The highest BCUT2D eigenvalue weighted by molar-refractivity contribution is 6.04. The highest BCUT2D eigenvalue weighted by atomic mass is 19.1. The third-order valence-electron chi connectivity index (χ3n) is 3.83. The monoisotopic (exact) mass is 379 g/mol. The summed E-state index contributed by atoms with van der Waals surface area (Å²) in [4.78, 5) is 23.2. The summed E-state index contributed by atoms with van der Waals surface area (Å²) < 4.78 is 18.6. The number of ether oxygens (including phenoxy) is 1. The van der Waals surface area contributed by atoms with Gasteiger partial charge in [0.05, 0.1) is 0 Å². The second kappa shape index (κ2) is 8.68. The zero-order valence-corrected chi connectivity index (χ0v) is 14.8. The lowest BCUT2D eigenvalue weighted by atomic mass is 10.2. The van der Waals surface area contributed by atoms with Gasteiger partial charge in [-0.1, -0.05) is 18.2 Å². The van der Waals surface area contributed by atoms with Crippen LogP contribution in [0.4, 0.5) is 20.6 Å². The van der Waals surface area contributed by atoms with Crippen LogP contribution >= 0.6 is 0 Å². The maximum absolute atomic E-state index is 12.9. The summed E-state index contributed by atoms with van der Waals surface area (Å²) in [5, 5.41) is 5.21. The van der Waals surface area contributed by atoms with E-state index < -0.39 is 6.03 Å². The second-order valence-electron chi connectivity index (χ2n) is 5.96. The molecule has 6 nitrogen and oxygen atoms in total. The minimum atomic E-state index is -0.672. The first-order valence-electron chi connectivity index (χ1n) is 8.45.